The largest absolute Gasteiger partial charge is 0.462 e. The standard InChI is InChI=1S/C30H40N6O4S/c1-25-8-3-4-10-27(25)41(37,38)34(2)20-22-39-29-32-15-11-28(33-29)36-18-12-30(13-19-36,26-9-7-14-31-24-26)40-23-21-35-16-5-6-17-35/h3-4,7-11,14-15,24H,5-6,12-13,16-23H2,1-2H3. The first kappa shape index (κ1) is 29.4. The number of likely N-dealkylation sites (N-methyl/N-ethyl adjacent to an activating group) is 1. The van der Waals surface area contributed by atoms with Crippen LogP contribution in [0.4, 0.5) is 5.82 Å². The first-order chi connectivity index (χ1) is 19.9. The zero-order valence-electron chi connectivity index (χ0n) is 24.0. The molecular weight excluding hydrogens is 540 g/mol. The maximum Gasteiger partial charge on any atom is 0.318 e. The molecule has 0 N–H and O–H groups in total. The second-order valence-electron chi connectivity index (χ2n) is 10.8. The van der Waals surface area contributed by atoms with Crippen molar-refractivity contribution in [2.45, 2.75) is 43.1 Å². The first-order valence-corrected chi connectivity index (χ1v) is 15.8. The van der Waals surface area contributed by atoms with Crippen molar-refractivity contribution in [3.63, 3.8) is 0 Å². The Hall–Kier alpha value is -3.12. The topological polar surface area (TPSA) is 101 Å². The summed E-state index contributed by atoms with van der Waals surface area (Å²) < 4.78 is 39.7. The van der Waals surface area contributed by atoms with Crippen molar-refractivity contribution in [2.75, 3.05) is 64.4 Å². The average Bonchev–Trinajstić information content (AvgIpc) is 3.52. The molecule has 11 heteroatoms. The highest BCUT2D eigenvalue weighted by Crippen LogP contribution is 2.37. The summed E-state index contributed by atoms with van der Waals surface area (Å²) in [4.78, 5) is 18.3. The molecule has 10 nitrogen and oxygen atoms in total. The first-order valence-electron chi connectivity index (χ1n) is 14.4. The van der Waals surface area contributed by atoms with E-state index in [4.69, 9.17) is 9.47 Å². The van der Waals surface area contributed by atoms with Gasteiger partial charge in [-0.2, -0.15) is 9.29 Å². The number of nitrogens with zero attached hydrogens (tertiary/aromatic N) is 6. The number of likely N-dealkylation sites (tertiary alicyclic amines) is 1. The highest BCUT2D eigenvalue weighted by molar-refractivity contribution is 7.89. The van der Waals surface area contributed by atoms with Crippen LogP contribution in [-0.2, 0) is 20.4 Å². The number of anilines is 1. The molecule has 0 saturated carbocycles. The zero-order valence-corrected chi connectivity index (χ0v) is 24.8. The Morgan fingerprint density at radius 3 is 2.49 bits per heavy atom. The van der Waals surface area contributed by atoms with E-state index in [1.54, 1.807) is 44.6 Å². The molecule has 4 heterocycles. The van der Waals surface area contributed by atoms with Crippen LogP contribution in [-0.4, -0.2) is 92.1 Å². The van der Waals surface area contributed by atoms with Crippen LogP contribution in [0.1, 0.15) is 36.8 Å². The summed E-state index contributed by atoms with van der Waals surface area (Å²) in [6.07, 6.45) is 9.60. The van der Waals surface area contributed by atoms with Crippen molar-refractivity contribution >= 4 is 15.8 Å². The monoisotopic (exact) mass is 580 g/mol. The SMILES string of the molecule is Cc1ccccc1S(=O)(=O)N(C)CCOc1nccc(N2CCC(OCCN3CCCC3)(c3cccnc3)CC2)n1. The predicted octanol–water partition coefficient (Wildman–Crippen LogP) is 3.49. The van der Waals surface area contributed by atoms with E-state index < -0.39 is 10.0 Å². The number of hydrogen-bond acceptors (Lipinski definition) is 9. The summed E-state index contributed by atoms with van der Waals surface area (Å²) in [5.41, 5.74) is 1.46. The highest BCUT2D eigenvalue weighted by Gasteiger charge is 2.38. The van der Waals surface area contributed by atoms with Crippen molar-refractivity contribution in [3.05, 3.63) is 72.2 Å². The number of rotatable bonds is 12. The van der Waals surface area contributed by atoms with E-state index in [2.05, 4.69) is 30.8 Å². The third kappa shape index (κ3) is 7.03. The van der Waals surface area contributed by atoms with E-state index in [9.17, 15) is 8.42 Å². The normalized spacial score (nSPS) is 17.7. The number of piperidine rings is 1. The van der Waals surface area contributed by atoms with Crippen LogP contribution in [0.5, 0.6) is 6.01 Å². The van der Waals surface area contributed by atoms with E-state index in [1.807, 2.05) is 24.4 Å². The molecule has 41 heavy (non-hydrogen) atoms. The molecule has 0 spiro atoms. The number of pyridine rings is 1. The summed E-state index contributed by atoms with van der Waals surface area (Å²) in [6, 6.07) is 13.2. The highest BCUT2D eigenvalue weighted by atomic mass is 32.2. The molecule has 0 atom stereocenters. The maximum atomic E-state index is 13.0. The Morgan fingerprint density at radius 1 is 0.976 bits per heavy atom. The van der Waals surface area contributed by atoms with Gasteiger partial charge in [0.25, 0.3) is 0 Å². The number of hydrogen-bond donors (Lipinski definition) is 0. The van der Waals surface area contributed by atoms with Gasteiger partial charge in [-0.15, -0.1) is 0 Å². The van der Waals surface area contributed by atoms with Gasteiger partial charge < -0.3 is 19.3 Å². The molecule has 2 fully saturated rings. The lowest BCUT2D eigenvalue weighted by Crippen LogP contribution is -2.45. The molecule has 2 aliphatic heterocycles. The summed E-state index contributed by atoms with van der Waals surface area (Å²) in [5.74, 6) is 0.785. The lowest BCUT2D eigenvalue weighted by Gasteiger charge is -2.42. The van der Waals surface area contributed by atoms with Crippen molar-refractivity contribution in [3.8, 4) is 6.01 Å². The average molecular weight is 581 g/mol. The number of ether oxygens (including phenoxy) is 2. The molecule has 2 aliphatic rings. The summed E-state index contributed by atoms with van der Waals surface area (Å²) in [5, 5.41) is 0. The molecule has 0 radical (unpaired) electrons. The van der Waals surface area contributed by atoms with E-state index in [-0.39, 0.29) is 24.8 Å². The molecule has 0 amide bonds. The second kappa shape index (κ2) is 13.2. The third-order valence-electron chi connectivity index (χ3n) is 8.11. The second-order valence-corrected chi connectivity index (χ2v) is 12.8. The summed E-state index contributed by atoms with van der Waals surface area (Å²) in [6.45, 7) is 7.63. The van der Waals surface area contributed by atoms with Crippen LogP contribution in [0.25, 0.3) is 0 Å². The van der Waals surface area contributed by atoms with E-state index in [0.717, 1.165) is 56.9 Å². The fourth-order valence-corrected chi connectivity index (χ4v) is 6.98. The van der Waals surface area contributed by atoms with Gasteiger partial charge in [-0.05, 0) is 69.5 Å². The minimum absolute atomic E-state index is 0.139. The van der Waals surface area contributed by atoms with Crippen molar-refractivity contribution < 1.29 is 17.9 Å². The van der Waals surface area contributed by atoms with Crippen LogP contribution < -0.4 is 9.64 Å². The molecule has 220 valence electrons. The molecule has 1 aromatic carbocycles. The Bertz CT molecular complexity index is 1380. The van der Waals surface area contributed by atoms with Gasteiger partial charge in [0, 0.05) is 57.4 Å². The van der Waals surface area contributed by atoms with Gasteiger partial charge >= 0.3 is 6.01 Å². The number of aryl methyl sites for hydroxylation is 1. The fraction of sp³-hybridized carbons (Fsp3) is 0.500. The van der Waals surface area contributed by atoms with Gasteiger partial charge in [-0.1, -0.05) is 24.3 Å². The molecule has 2 aromatic heterocycles. The minimum atomic E-state index is -3.61. The lowest BCUT2D eigenvalue weighted by atomic mass is 9.85. The molecule has 2 saturated heterocycles. The van der Waals surface area contributed by atoms with Crippen LogP contribution in [0.2, 0.25) is 0 Å². The summed E-state index contributed by atoms with van der Waals surface area (Å²) in [7, 11) is -2.06. The van der Waals surface area contributed by atoms with Crippen LogP contribution in [0.15, 0.2) is 66.0 Å². The zero-order chi connectivity index (χ0) is 28.7. The Balaban J connectivity index is 1.17. The van der Waals surface area contributed by atoms with E-state index in [1.165, 1.54) is 17.1 Å². The Kier molecular flexibility index (Phi) is 9.49. The van der Waals surface area contributed by atoms with Crippen molar-refractivity contribution in [1.29, 1.82) is 0 Å². The number of sulfonamides is 1. The lowest BCUT2D eigenvalue weighted by molar-refractivity contribution is -0.0727. The predicted molar refractivity (Wildman–Crippen MR) is 158 cm³/mol. The number of benzene rings is 1. The van der Waals surface area contributed by atoms with Gasteiger partial charge in [0.1, 0.15) is 12.4 Å². The van der Waals surface area contributed by atoms with Gasteiger partial charge in [0.15, 0.2) is 0 Å². The van der Waals surface area contributed by atoms with Crippen LogP contribution >= 0.6 is 0 Å². The van der Waals surface area contributed by atoms with Crippen molar-refractivity contribution in [1.82, 2.24) is 24.2 Å². The Labute approximate surface area is 243 Å². The summed E-state index contributed by atoms with van der Waals surface area (Å²) >= 11 is 0. The molecule has 0 bridgehead atoms. The van der Waals surface area contributed by atoms with Gasteiger partial charge in [0.2, 0.25) is 10.0 Å². The molecule has 3 aromatic rings. The van der Waals surface area contributed by atoms with Gasteiger partial charge in [0.05, 0.1) is 17.1 Å². The smallest absolute Gasteiger partial charge is 0.318 e. The minimum Gasteiger partial charge on any atom is -0.462 e. The van der Waals surface area contributed by atoms with Gasteiger partial charge in [-0.25, -0.2) is 13.4 Å². The van der Waals surface area contributed by atoms with Gasteiger partial charge in [-0.3, -0.25) is 4.98 Å². The molecule has 0 aliphatic carbocycles. The maximum absolute atomic E-state index is 13.0. The number of aromatic nitrogens is 3. The van der Waals surface area contributed by atoms with E-state index >= 15 is 0 Å². The fourth-order valence-electron chi connectivity index (χ4n) is 5.60. The third-order valence-corrected chi connectivity index (χ3v) is 10.1. The van der Waals surface area contributed by atoms with Crippen LogP contribution in [0, 0.1) is 6.92 Å². The van der Waals surface area contributed by atoms with Crippen LogP contribution in [0.3, 0.4) is 0 Å². The van der Waals surface area contributed by atoms with E-state index in [0.29, 0.717) is 17.1 Å². The molecule has 5 rings (SSSR count). The van der Waals surface area contributed by atoms with Crippen molar-refractivity contribution in [2.24, 2.45) is 0 Å². The molecular formula is C30H40N6O4S. The Morgan fingerprint density at radius 2 is 1.76 bits per heavy atom. The quantitative estimate of drug-likeness (QED) is 0.319. The molecule has 0 unspecified atom stereocenters.